The van der Waals surface area contributed by atoms with Crippen molar-refractivity contribution in [3.05, 3.63) is 101 Å². The van der Waals surface area contributed by atoms with Crippen molar-refractivity contribution in [2.75, 3.05) is 17.1 Å². The van der Waals surface area contributed by atoms with Crippen LogP contribution in [0.15, 0.2) is 78.9 Å². The van der Waals surface area contributed by atoms with Gasteiger partial charge in [0.15, 0.2) is 0 Å². The van der Waals surface area contributed by atoms with Gasteiger partial charge in [0.05, 0.1) is 17.5 Å². The number of nitrogens with zero attached hydrogens (tertiary/aromatic N) is 2. The first kappa shape index (κ1) is 33.6. The molecule has 1 unspecified atom stereocenters. The first-order valence-electron chi connectivity index (χ1n) is 14.0. The summed E-state index contributed by atoms with van der Waals surface area (Å²) in [5.74, 6) is -0.694. The zero-order valence-electron chi connectivity index (χ0n) is 24.8. The molecule has 0 aliphatic heterocycles. The molecule has 0 aromatic heterocycles. The number of carbonyl (C=O) groups is 2. The van der Waals surface area contributed by atoms with Gasteiger partial charge in [-0.25, -0.2) is 8.42 Å². The molecule has 0 saturated carbocycles. The summed E-state index contributed by atoms with van der Waals surface area (Å²) in [5, 5.41) is 2.92. The van der Waals surface area contributed by atoms with Gasteiger partial charge in [0.2, 0.25) is 21.8 Å². The van der Waals surface area contributed by atoms with Crippen LogP contribution < -0.4 is 9.62 Å². The van der Waals surface area contributed by atoms with Crippen LogP contribution in [0.1, 0.15) is 48.9 Å². The second-order valence-electron chi connectivity index (χ2n) is 10.9. The number of rotatable bonds is 13. The molecule has 1 N–H and O–H groups in total. The Morgan fingerprint density at radius 3 is 2.16 bits per heavy atom. The molecule has 0 aliphatic carbocycles. The highest BCUT2D eigenvalue weighted by atomic mass is 32.2. The smallest absolute Gasteiger partial charge is 0.352 e. The molecular weight excluding hydrogens is 579 g/mol. The molecule has 0 heterocycles. The van der Waals surface area contributed by atoms with Crippen molar-refractivity contribution in [3.63, 3.8) is 0 Å². The summed E-state index contributed by atoms with van der Waals surface area (Å²) in [4.78, 5) is 28.8. The molecule has 3 aromatic carbocycles. The summed E-state index contributed by atoms with van der Waals surface area (Å²) in [5.41, 5.74) is 1.56. The lowest BCUT2D eigenvalue weighted by Crippen LogP contribution is -2.51. The Balaban J connectivity index is 1.90. The highest BCUT2D eigenvalue weighted by molar-refractivity contribution is 7.92. The van der Waals surface area contributed by atoms with Gasteiger partial charge in [-0.1, -0.05) is 66.2 Å². The fourth-order valence-corrected chi connectivity index (χ4v) is 5.74. The molecule has 11 heteroatoms. The van der Waals surface area contributed by atoms with E-state index in [0.29, 0.717) is 0 Å². The van der Waals surface area contributed by atoms with Gasteiger partial charge in [-0.3, -0.25) is 13.9 Å². The second kappa shape index (κ2) is 14.5. The lowest BCUT2D eigenvalue weighted by atomic mass is 10.0. The van der Waals surface area contributed by atoms with Crippen LogP contribution in [0, 0.1) is 6.92 Å². The fraction of sp³-hybridized carbons (Fsp3) is 0.375. The fourth-order valence-electron chi connectivity index (χ4n) is 4.78. The topological polar surface area (TPSA) is 86.8 Å². The van der Waals surface area contributed by atoms with E-state index in [9.17, 15) is 31.2 Å². The van der Waals surface area contributed by atoms with Crippen molar-refractivity contribution in [2.24, 2.45) is 0 Å². The minimum Gasteiger partial charge on any atom is -0.352 e. The molecule has 0 aliphatic rings. The van der Waals surface area contributed by atoms with E-state index in [1.54, 1.807) is 0 Å². The molecule has 0 fully saturated rings. The van der Waals surface area contributed by atoms with Crippen LogP contribution in [0.4, 0.5) is 18.9 Å². The number of alkyl halides is 3. The minimum atomic E-state index is -4.64. The van der Waals surface area contributed by atoms with Gasteiger partial charge in [-0.05, 0) is 56.5 Å². The molecule has 3 rings (SSSR count). The average Bonchev–Trinajstić information content (AvgIpc) is 2.92. The molecule has 0 radical (unpaired) electrons. The summed E-state index contributed by atoms with van der Waals surface area (Å²) in [6, 6.07) is 20.0. The van der Waals surface area contributed by atoms with Crippen molar-refractivity contribution in [2.45, 2.75) is 64.8 Å². The van der Waals surface area contributed by atoms with Crippen LogP contribution >= 0.6 is 0 Å². The van der Waals surface area contributed by atoms with E-state index in [1.807, 2.05) is 75.4 Å². The molecule has 0 bridgehead atoms. The molecule has 43 heavy (non-hydrogen) atoms. The van der Waals surface area contributed by atoms with Gasteiger partial charge < -0.3 is 10.2 Å². The third-order valence-corrected chi connectivity index (χ3v) is 7.95. The van der Waals surface area contributed by atoms with Crippen LogP contribution in [0.2, 0.25) is 0 Å². The van der Waals surface area contributed by atoms with Crippen LogP contribution in [-0.2, 0) is 38.8 Å². The SMILES string of the molecule is Cc1cccc(CN(C(=O)CCCN(c2cccc(C(F)(F)F)c2)S(C)(=O)=O)C(Cc2ccccc2)C(=O)NC(C)C)c1. The van der Waals surface area contributed by atoms with Crippen molar-refractivity contribution < 1.29 is 31.2 Å². The van der Waals surface area contributed by atoms with Gasteiger partial charge in [0.25, 0.3) is 0 Å². The number of aryl methyl sites for hydroxylation is 1. The highest BCUT2D eigenvalue weighted by Gasteiger charge is 2.33. The lowest BCUT2D eigenvalue weighted by molar-refractivity contribution is -0.141. The van der Waals surface area contributed by atoms with Gasteiger partial charge in [0, 0.05) is 32.0 Å². The Labute approximate surface area is 251 Å². The number of carbonyl (C=O) groups excluding carboxylic acids is 2. The third-order valence-electron chi connectivity index (χ3n) is 6.75. The van der Waals surface area contributed by atoms with Gasteiger partial charge in [0.1, 0.15) is 6.04 Å². The van der Waals surface area contributed by atoms with E-state index in [2.05, 4.69) is 5.32 Å². The van der Waals surface area contributed by atoms with Crippen molar-refractivity contribution in [1.82, 2.24) is 10.2 Å². The number of halogens is 3. The van der Waals surface area contributed by atoms with E-state index in [4.69, 9.17) is 0 Å². The first-order valence-corrected chi connectivity index (χ1v) is 15.8. The third kappa shape index (κ3) is 10.1. The van der Waals surface area contributed by atoms with Crippen LogP contribution in [0.3, 0.4) is 0 Å². The molecule has 0 spiro atoms. The van der Waals surface area contributed by atoms with E-state index < -0.39 is 27.8 Å². The molecule has 3 aromatic rings. The van der Waals surface area contributed by atoms with Gasteiger partial charge >= 0.3 is 6.18 Å². The normalized spacial score (nSPS) is 12.6. The van der Waals surface area contributed by atoms with E-state index >= 15 is 0 Å². The summed E-state index contributed by atoms with van der Waals surface area (Å²) in [6.45, 7) is 5.52. The molecule has 7 nitrogen and oxygen atoms in total. The van der Waals surface area contributed by atoms with E-state index in [1.165, 1.54) is 11.0 Å². The summed E-state index contributed by atoms with van der Waals surface area (Å²) < 4.78 is 65.9. The standard InChI is InChI=1S/C32H38F3N3O4S/c1-23(2)36-31(40)29(20-25-12-6-5-7-13-25)37(22-26-14-8-11-24(3)19-26)30(39)17-10-18-38(43(4,41)42)28-16-9-15-27(21-28)32(33,34)35/h5-9,11-16,19,21,23,29H,10,17-18,20,22H2,1-4H3,(H,36,40). The monoisotopic (exact) mass is 617 g/mol. The second-order valence-corrected chi connectivity index (χ2v) is 12.8. The maximum Gasteiger partial charge on any atom is 0.416 e. The highest BCUT2D eigenvalue weighted by Crippen LogP contribution is 2.32. The maximum absolute atomic E-state index is 13.8. The van der Waals surface area contributed by atoms with E-state index in [-0.39, 0.29) is 55.9 Å². The van der Waals surface area contributed by atoms with Crippen molar-refractivity contribution in [3.8, 4) is 0 Å². The van der Waals surface area contributed by atoms with Crippen molar-refractivity contribution >= 4 is 27.5 Å². The molecular formula is C32H38F3N3O4S. The van der Waals surface area contributed by atoms with Gasteiger partial charge in [-0.15, -0.1) is 0 Å². The predicted molar refractivity (Wildman–Crippen MR) is 162 cm³/mol. The number of amides is 2. The zero-order chi connectivity index (χ0) is 31.8. The summed E-state index contributed by atoms with van der Waals surface area (Å²) in [6.07, 6.45) is -3.58. The van der Waals surface area contributed by atoms with Crippen LogP contribution in [0.5, 0.6) is 0 Å². The number of benzene rings is 3. The Morgan fingerprint density at radius 2 is 1.56 bits per heavy atom. The van der Waals surface area contributed by atoms with Crippen molar-refractivity contribution in [1.29, 1.82) is 0 Å². The number of hydrogen-bond donors (Lipinski definition) is 1. The number of anilines is 1. The summed E-state index contributed by atoms with van der Waals surface area (Å²) in [7, 11) is -3.96. The Hall–Kier alpha value is -3.86. The average molecular weight is 618 g/mol. The number of sulfonamides is 1. The van der Waals surface area contributed by atoms with Crippen LogP contribution in [0.25, 0.3) is 0 Å². The first-order chi connectivity index (χ1) is 20.1. The molecule has 1 atom stereocenters. The minimum absolute atomic E-state index is 0.0241. The Bertz CT molecular complexity index is 1490. The quantitative estimate of drug-likeness (QED) is 0.266. The lowest BCUT2D eigenvalue weighted by Gasteiger charge is -2.32. The predicted octanol–water partition coefficient (Wildman–Crippen LogP) is 5.72. The molecule has 0 saturated heterocycles. The van der Waals surface area contributed by atoms with Crippen LogP contribution in [-0.4, -0.2) is 50.0 Å². The van der Waals surface area contributed by atoms with Gasteiger partial charge in [-0.2, -0.15) is 13.2 Å². The zero-order valence-corrected chi connectivity index (χ0v) is 25.6. The van der Waals surface area contributed by atoms with E-state index in [0.717, 1.165) is 45.5 Å². The molecule has 232 valence electrons. The summed E-state index contributed by atoms with van der Waals surface area (Å²) >= 11 is 0. The Kier molecular flexibility index (Phi) is 11.4. The largest absolute Gasteiger partial charge is 0.416 e. The Morgan fingerprint density at radius 1 is 0.907 bits per heavy atom. The number of hydrogen-bond acceptors (Lipinski definition) is 4. The maximum atomic E-state index is 13.8. The molecule has 2 amide bonds. The number of nitrogens with one attached hydrogen (secondary N) is 1.